The van der Waals surface area contributed by atoms with E-state index in [9.17, 15) is 0 Å². The van der Waals surface area contributed by atoms with Gasteiger partial charge in [0.25, 0.3) is 0 Å². The van der Waals surface area contributed by atoms with Crippen LogP contribution in [0, 0.1) is 0 Å². The van der Waals surface area contributed by atoms with Gasteiger partial charge in [0.2, 0.25) is 0 Å². The highest BCUT2D eigenvalue weighted by molar-refractivity contribution is 8.02. The summed E-state index contributed by atoms with van der Waals surface area (Å²) in [6, 6.07) is 10.8. The standard InChI is InChI=1S/C13H16S/c1-2-5-12(6-3-1)7-4-8-13-9-10-14-11-13/h1-3,5-6,11H,4,7-10H2. The summed E-state index contributed by atoms with van der Waals surface area (Å²) in [5.41, 5.74) is 3.13. The van der Waals surface area contributed by atoms with E-state index in [1.165, 1.54) is 37.0 Å². The van der Waals surface area contributed by atoms with Crippen LogP contribution in [-0.2, 0) is 6.42 Å². The van der Waals surface area contributed by atoms with E-state index in [2.05, 4.69) is 35.7 Å². The summed E-state index contributed by atoms with van der Waals surface area (Å²) in [7, 11) is 0. The van der Waals surface area contributed by atoms with Gasteiger partial charge in [0.05, 0.1) is 0 Å². The largest absolute Gasteiger partial charge is 0.134 e. The molecule has 1 heteroatoms. The van der Waals surface area contributed by atoms with Crippen LogP contribution in [0.3, 0.4) is 0 Å². The molecule has 0 nitrogen and oxygen atoms in total. The smallest absolute Gasteiger partial charge is 0.00116 e. The number of hydrogen-bond acceptors (Lipinski definition) is 1. The zero-order chi connectivity index (χ0) is 9.64. The molecule has 1 aromatic rings. The average Bonchev–Trinajstić information content (AvgIpc) is 2.72. The minimum Gasteiger partial charge on any atom is -0.134 e. The van der Waals surface area contributed by atoms with Gasteiger partial charge >= 0.3 is 0 Å². The summed E-state index contributed by atoms with van der Waals surface area (Å²) in [6.45, 7) is 0. The molecule has 0 aliphatic carbocycles. The zero-order valence-corrected chi connectivity index (χ0v) is 9.22. The van der Waals surface area contributed by atoms with Crippen LogP contribution in [0.1, 0.15) is 24.8 Å². The highest BCUT2D eigenvalue weighted by Crippen LogP contribution is 2.25. The molecule has 1 heterocycles. The van der Waals surface area contributed by atoms with Crippen molar-refractivity contribution in [2.75, 3.05) is 5.75 Å². The van der Waals surface area contributed by atoms with Crippen molar-refractivity contribution in [3.05, 3.63) is 46.9 Å². The van der Waals surface area contributed by atoms with Gasteiger partial charge in [0.15, 0.2) is 0 Å². The third kappa shape index (κ3) is 2.91. The lowest BCUT2D eigenvalue weighted by Crippen LogP contribution is -1.87. The third-order valence-corrected chi connectivity index (χ3v) is 3.54. The molecule has 0 aromatic heterocycles. The first-order valence-electron chi connectivity index (χ1n) is 5.28. The Morgan fingerprint density at radius 3 is 2.64 bits per heavy atom. The maximum Gasteiger partial charge on any atom is 0.00116 e. The highest BCUT2D eigenvalue weighted by Gasteiger charge is 2.04. The molecular formula is C13H16S. The molecule has 0 radical (unpaired) electrons. The Labute approximate surface area is 90.4 Å². The van der Waals surface area contributed by atoms with Crippen LogP contribution in [0.25, 0.3) is 0 Å². The van der Waals surface area contributed by atoms with E-state index >= 15 is 0 Å². The average molecular weight is 204 g/mol. The molecule has 0 saturated carbocycles. The van der Waals surface area contributed by atoms with Crippen molar-refractivity contribution in [3.8, 4) is 0 Å². The van der Waals surface area contributed by atoms with E-state index in [0.29, 0.717) is 0 Å². The lowest BCUT2D eigenvalue weighted by Gasteiger charge is -2.01. The highest BCUT2D eigenvalue weighted by atomic mass is 32.2. The molecule has 74 valence electrons. The van der Waals surface area contributed by atoms with Crippen molar-refractivity contribution < 1.29 is 0 Å². The predicted molar refractivity (Wildman–Crippen MR) is 64.5 cm³/mol. The van der Waals surface area contributed by atoms with E-state index < -0.39 is 0 Å². The van der Waals surface area contributed by atoms with Crippen molar-refractivity contribution in [2.24, 2.45) is 0 Å². The number of allylic oxidation sites excluding steroid dienone is 1. The van der Waals surface area contributed by atoms with Crippen molar-refractivity contribution in [3.63, 3.8) is 0 Å². The summed E-state index contributed by atoms with van der Waals surface area (Å²) in [5.74, 6) is 1.31. The number of hydrogen-bond donors (Lipinski definition) is 0. The normalized spacial score (nSPS) is 15.6. The summed E-state index contributed by atoms with van der Waals surface area (Å²) in [5, 5.41) is 2.35. The Bertz CT molecular complexity index is 300. The Morgan fingerprint density at radius 1 is 1.07 bits per heavy atom. The van der Waals surface area contributed by atoms with Gasteiger partial charge in [-0.2, -0.15) is 0 Å². The Hall–Kier alpha value is -0.690. The Balaban J connectivity index is 1.73. The fourth-order valence-electron chi connectivity index (χ4n) is 1.77. The SMILES string of the molecule is C1=C(CCCc2ccccc2)CCS1. The zero-order valence-electron chi connectivity index (χ0n) is 8.41. The number of thioether (sulfide) groups is 1. The van der Waals surface area contributed by atoms with Crippen molar-refractivity contribution in [1.29, 1.82) is 0 Å². The van der Waals surface area contributed by atoms with E-state index in [0.717, 1.165) is 0 Å². The van der Waals surface area contributed by atoms with Crippen LogP contribution in [0.2, 0.25) is 0 Å². The van der Waals surface area contributed by atoms with E-state index in [4.69, 9.17) is 0 Å². The van der Waals surface area contributed by atoms with Gasteiger partial charge in [-0.25, -0.2) is 0 Å². The van der Waals surface area contributed by atoms with Gasteiger partial charge in [0.1, 0.15) is 0 Å². The molecule has 0 spiro atoms. The lowest BCUT2D eigenvalue weighted by atomic mass is 10.0. The second-order valence-electron chi connectivity index (χ2n) is 3.74. The molecule has 0 saturated heterocycles. The van der Waals surface area contributed by atoms with Gasteiger partial charge in [-0.3, -0.25) is 0 Å². The molecule has 0 amide bonds. The van der Waals surface area contributed by atoms with Gasteiger partial charge in [-0.1, -0.05) is 35.9 Å². The second kappa shape index (κ2) is 5.26. The summed E-state index contributed by atoms with van der Waals surface area (Å²) in [4.78, 5) is 0. The summed E-state index contributed by atoms with van der Waals surface area (Å²) in [6.07, 6.45) is 5.14. The maximum atomic E-state index is 2.35. The molecule has 14 heavy (non-hydrogen) atoms. The fraction of sp³-hybridized carbons (Fsp3) is 0.385. The molecule has 1 aliphatic rings. The predicted octanol–water partition coefficient (Wildman–Crippen LogP) is 4.03. The van der Waals surface area contributed by atoms with Crippen molar-refractivity contribution >= 4 is 11.8 Å². The first-order chi connectivity index (χ1) is 6.95. The maximum absolute atomic E-state index is 2.35. The second-order valence-corrected chi connectivity index (χ2v) is 4.71. The van der Waals surface area contributed by atoms with Crippen LogP contribution in [0.4, 0.5) is 0 Å². The molecular weight excluding hydrogens is 188 g/mol. The van der Waals surface area contributed by atoms with E-state index in [1.807, 2.05) is 11.8 Å². The topological polar surface area (TPSA) is 0 Å². The Kier molecular flexibility index (Phi) is 3.70. The minimum absolute atomic E-state index is 1.23. The Morgan fingerprint density at radius 2 is 1.93 bits per heavy atom. The monoisotopic (exact) mass is 204 g/mol. The van der Waals surface area contributed by atoms with Crippen LogP contribution in [0.5, 0.6) is 0 Å². The number of aryl methyl sites for hydroxylation is 1. The molecule has 0 unspecified atom stereocenters. The molecule has 0 bridgehead atoms. The van der Waals surface area contributed by atoms with Crippen LogP contribution >= 0.6 is 11.8 Å². The summed E-state index contributed by atoms with van der Waals surface area (Å²) >= 11 is 1.97. The lowest BCUT2D eigenvalue weighted by molar-refractivity contribution is 0.794. The van der Waals surface area contributed by atoms with Crippen LogP contribution < -0.4 is 0 Å². The van der Waals surface area contributed by atoms with Crippen LogP contribution in [0.15, 0.2) is 41.3 Å². The molecule has 1 aromatic carbocycles. The minimum atomic E-state index is 1.23. The molecule has 0 fully saturated rings. The molecule has 2 rings (SSSR count). The van der Waals surface area contributed by atoms with Gasteiger partial charge in [0, 0.05) is 5.75 Å². The third-order valence-electron chi connectivity index (χ3n) is 2.60. The van der Waals surface area contributed by atoms with E-state index in [1.54, 1.807) is 5.57 Å². The van der Waals surface area contributed by atoms with Crippen molar-refractivity contribution in [1.82, 2.24) is 0 Å². The van der Waals surface area contributed by atoms with Crippen LogP contribution in [-0.4, -0.2) is 5.75 Å². The fourth-order valence-corrected chi connectivity index (χ4v) is 2.74. The first-order valence-corrected chi connectivity index (χ1v) is 6.33. The van der Waals surface area contributed by atoms with Gasteiger partial charge in [-0.05, 0) is 36.7 Å². The number of rotatable bonds is 4. The number of benzene rings is 1. The quantitative estimate of drug-likeness (QED) is 0.713. The first kappa shape index (κ1) is 9.85. The molecule has 0 atom stereocenters. The van der Waals surface area contributed by atoms with E-state index in [-0.39, 0.29) is 0 Å². The molecule has 1 aliphatic heterocycles. The van der Waals surface area contributed by atoms with Gasteiger partial charge < -0.3 is 0 Å². The molecule has 0 N–H and O–H groups in total. The van der Waals surface area contributed by atoms with Crippen molar-refractivity contribution in [2.45, 2.75) is 25.7 Å². The van der Waals surface area contributed by atoms with Gasteiger partial charge in [-0.15, -0.1) is 11.8 Å². The summed E-state index contributed by atoms with van der Waals surface area (Å²) < 4.78 is 0.